The maximum Gasteiger partial charge on any atom is 0.226 e. The minimum absolute atomic E-state index is 0.128. The molecule has 4 heterocycles. The topological polar surface area (TPSA) is 75.1 Å². The molecule has 5 aromatic rings. The molecule has 0 unspecified atom stereocenters. The Hall–Kier alpha value is -4.15. The third kappa shape index (κ3) is 4.64. The maximum absolute atomic E-state index is 14.1. The molecule has 1 aliphatic rings. The first-order valence-electron chi connectivity index (χ1n) is 12.1. The van der Waals surface area contributed by atoms with Crippen LogP contribution in [0.4, 0.5) is 10.1 Å². The summed E-state index contributed by atoms with van der Waals surface area (Å²) in [7, 11) is 0. The lowest BCUT2D eigenvalue weighted by Gasteiger charge is -2.28. The number of carbonyl (C=O) groups excluding carboxylic acids is 1. The van der Waals surface area contributed by atoms with Crippen LogP contribution in [0, 0.1) is 5.82 Å². The number of thiazole rings is 1. The number of benzene rings is 2. The second-order valence-electron chi connectivity index (χ2n) is 8.87. The van der Waals surface area contributed by atoms with E-state index in [9.17, 15) is 9.18 Å². The number of halogens is 1. The fourth-order valence-electron chi connectivity index (χ4n) is 4.74. The van der Waals surface area contributed by atoms with Gasteiger partial charge >= 0.3 is 0 Å². The second-order valence-corrected chi connectivity index (χ2v) is 10.3. The molecule has 2 N–H and O–H groups in total. The van der Waals surface area contributed by atoms with E-state index < -0.39 is 5.82 Å². The summed E-state index contributed by atoms with van der Waals surface area (Å²) in [5.74, 6) is -0.763. The number of pyridine rings is 1. The largest absolute Gasteiger partial charge is 0.352 e. The van der Waals surface area contributed by atoms with E-state index in [1.54, 1.807) is 35.7 Å². The maximum atomic E-state index is 14.1. The van der Waals surface area contributed by atoms with Crippen LogP contribution in [0.15, 0.2) is 91.3 Å². The van der Waals surface area contributed by atoms with Gasteiger partial charge in [0.2, 0.25) is 5.91 Å². The Morgan fingerprint density at radius 1 is 1.05 bits per heavy atom. The molecule has 1 amide bonds. The fraction of sp³-hybridized carbons (Fsp3) is 0.143. The predicted octanol–water partition coefficient (Wildman–Crippen LogP) is 5.62. The van der Waals surface area contributed by atoms with Crippen LogP contribution in [0.2, 0.25) is 0 Å². The van der Waals surface area contributed by atoms with Crippen LogP contribution in [0.25, 0.3) is 15.3 Å². The van der Waals surface area contributed by atoms with E-state index in [-0.39, 0.29) is 30.1 Å². The van der Waals surface area contributed by atoms with Gasteiger partial charge in [0.25, 0.3) is 0 Å². The highest BCUT2D eigenvalue weighted by Gasteiger charge is 2.41. The van der Waals surface area contributed by atoms with Crippen LogP contribution >= 0.6 is 23.6 Å². The van der Waals surface area contributed by atoms with E-state index in [4.69, 9.17) is 17.2 Å². The zero-order chi connectivity index (χ0) is 26.1. The number of hydrogen-bond acceptors (Lipinski definition) is 5. The van der Waals surface area contributed by atoms with Crippen molar-refractivity contribution in [1.29, 1.82) is 0 Å². The molecule has 6 rings (SSSR count). The number of nitrogens with zero attached hydrogens (tertiary/aromatic N) is 4. The Morgan fingerprint density at radius 3 is 2.68 bits per heavy atom. The van der Waals surface area contributed by atoms with E-state index in [0.717, 1.165) is 26.7 Å². The van der Waals surface area contributed by atoms with Gasteiger partial charge in [-0.2, -0.15) is 0 Å². The molecule has 0 spiro atoms. The summed E-state index contributed by atoms with van der Waals surface area (Å²) in [4.78, 5) is 24.2. The van der Waals surface area contributed by atoms with Gasteiger partial charge < -0.3 is 15.5 Å². The van der Waals surface area contributed by atoms with Crippen LogP contribution < -0.4 is 10.6 Å². The lowest BCUT2D eigenvalue weighted by molar-refractivity contribution is -0.116. The number of carbonyl (C=O) groups is 1. The zero-order valence-corrected chi connectivity index (χ0v) is 21.8. The first-order valence-corrected chi connectivity index (χ1v) is 13.4. The average Bonchev–Trinajstić information content (AvgIpc) is 3.65. The monoisotopic (exact) mass is 542 g/mol. The summed E-state index contributed by atoms with van der Waals surface area (Å²) >= 11 is 7.37. The molecule has 3 aromatic heterocycles. The Bertz CT molecular complexity index is 1580. The van der Waals surface area contributed by atoms with Crippen LogP contribution in [-0.4, -0.2) is 37.0 Å². The van der Waals surface area contributed by atoms with Gasteiger partial charge in [-0.05, 0) is 60.7 Å². The van der Waals surface area contributed by atoms with Crippen LogP contribution in [0.3, 0.4) is 0 Å². The van der Waals surface area contributed by atoms with Gasteiger partial charge in [0.15, 0.2) is 10.2 Å². The van der Waals surface area contributed by atoms with Gasteiger partial charge in [0.1, 0.15) is 5.82 Å². The third-order valence-corrected chi connectivity index (χ3v) is 7.89. The smallest absolute Gasteiger partial charge is 0.226 e. The summed E-state index contributed by atoms with van der Waals surface area (Å²) in [6.45, 7) is 0.338. The van der Waals surface area contributed by atoms with Gasteiger partial charge in [-0.3, -0.25) is 14.3 Å². The number of para-hydroxylation sites is 2. The second kappa shape index (κ2) is 10.3. The Balaban J connectivity index is 1.32. The van der Waals surface area contributed by atoms with Crippen LogP contribution in [-0.2, 0) is 4.79 Å². The molecule has 2 aromatic carbocycles. The molecule has 1 saturated heterocycles. The molecule has 2 atom stereocenters. The minimum Gasteiger partial charge on any atom is -0.352 e. The summed E-state index contributed by atoms with van der Waals surface area (Å²) in [5, 5.41) is 7.46. The van der Waals surface area contributed by atoms with Crippen molar-refractivity contribution in [2.24, 2.45) is 0 Å². The van der Waals surface area contributed by atoms with Crippen LogP contribution in [0.5, 0.6) is 0 Å². The molecule has 0 aliphatic carbocycles. The van der Waals surface area contributed by atoms with E-state index in [1.165, 1.54) is 6.07 Å². The van der Waals surface area contributed by atoms with Crippen molar-refractivity contribution in [2.75, 3.05) is 11.9 Å². The number of hydrogen-bond donors (Lipinski definition) is 2. The van der Waals surface area contributed by atoms with Crippen molar-refractivity contribution >= 4 is 50.5 Å². The molecule has 10 heteroatoms. The summed E-state index contributed by atoms with van der Waals surface area (Å²) in [6, 6.07) is 23.5. The molecule has 7 nitrogen and oxygen atoms in total. The lowest BCUT2D eigenvalue weighted by atomic mass is 10.0. The predicted molar refractivity (Wildman–Crippen MR) is 151 cm³/mol. The molecule has 190 valence electrons. The van der Waals surface area contributed by atoms with Gasteiger partial charge in [-0.15, -0.1) is 0 Å². The average molecular weight is 543 g/mol. The Kier molecular flexibility index (Phi) is 6.57. The number of nitrogens with one attached hydrogen (secondary N) is 2. The third-order valence-electron chi connectivity index (χ3n) is 6.50. The van der Waals surface area contributed by atoms with E-state index in [1.807, 2.05) is 53.6 Å². The van der Waals surface area contributed by atoms with Crippen LogP contribution in [0.1, 0.15) is 29.9 Å². The number of aromatic nitrogens is 3. The quantitative estimate of drug-likeness (QED) is 0.260. The fourth-order valence-corrected chi connectivity index (χ4v) is 6.04. The number of rotatable bonds is 7. The van der Waals surface area contributed by atoms with Crippen molar-refractivity contribution < 1.29 is 9.18 Å². The Morgan fingerprint density at radius 2 is 1.87 bits per heavy atom. The highest BCUT2D eigenvalue weighted by Crippen LogP contribution is 2.40. The van der Waals surface area contributed by atoms with E-state index in [0.29, 0.717) is 11.7 Å². The van der Waals surface area contributed by atoms with Gasteiger partial charge in [-0.1, -0.05) is 41.7 Å². The first kappa shape index (κ1) is 24.2. The summed E-state index contributed by atoms with van der Waals surface area (Å²) in [5.41, 5.74) is 2.92. The SMILES string of the molecule is O=C(CCN1C(=S)N[C@H](c2ccccn2)[C@@H]1c1cccn1-c1nc2ccccc2s1)Nc1ccccc1F. The number of thiocarbonyl (C=S) groups is 1. The molecule has 38 heavy (non-hydrogen) atoms. The van der Waals surface area contributed by atoms with Crippen molar-refractivity contribution in [2.45, 2.75) is 18.5 Å². The zero-order valence-electron chi connectivity index (χ0n) is 20.1. The highest BCUT2D eigenvalue weighted by molar-refractivity contribution is 7.80. The molecule has 0 radical (unpaired) electrons. The lowest BCUT2D eigenvalue weighted by Crippen LogP contribution is -2.33. The number of amides is 1. The molecule has 1 aliphatic heterocycles. The number of anilines is 1. The number of fused-ring (bicyclic) bond motifs is 1. The minimum atomic E-state index is -0.471. The highest BCUT2D eigenvalue weighted by atomic mass is 32.1. The van der Waals surface area contributed by atoms with E-state index >= 15 is 0 Å². The summed E-state index contributed by atoms with van der Waals surface area (Å²) < 4.78 is 17.2. The van der Waals surface area contributed by atoms with Crippen molar-refractivity contribution in [3.63, 3.8) is 0 Å². The molecule has 0 bridgehead atoms. The van der Waals surface area contributed by atoms with Gasteiger partial charge in [0.05, 0.1) is 39.4 Å². The molecular weight excluding hydrogens is 519 g/mol. The normalized spacial score (nSPS) is 17.1. The van der Waals surface area contributed by atoms with Crippen molar-refractivity contribution in [3.05, 3.63) is 108 Å². The van der Waals surface area contributed by atoms with Gasteiger partial charge in [0, 0.05) is 25.4 Å². The van der Waals surface area contributed by atoms with Gasteiger partial charge in [-0.25, -0.2) is 9.37 Å². The first-order chi connectivity index (χ1) is 18.6. The molecular formula is C28H23FN6OS2. The Labute approximate surface area is 228 Å². The summed E-state index contributed by atoms with van der Waals surface area (Å²) in [6.07, 6.45) is 3.88. The van der Waals surface area contributed by atoms with E-state index in [2.05, 4.69) is 32.3 Å². The molecule has 0 saturated carbocycles. The molecule has 1 fully saturated rings. The van der Waals surface area contributed by atoms with Crippen molar-refractivity contribution in [1.82, 2.24) is 24.8 Å². The standard InChI is InChI=1S/C28H23FN6OS2/c29-18-8-1-2-9-19(18)31-24(36)14-17-35-26(25(33-27(35)37)21-11-5-6-15-30-21)22-12-7-16-34(22)28-32-20-10-3-4-13-23(20)38-28/h1-13,15-16,25-26H,14,17H2,(H,31,36)(H,33,37)/t25-,26+/m1/s1. The van der Waals surface area contributed by atoms with Crippen molar-refractivity contribution in [3.8, 4) is 5.13 Å².